The zero-order valence-electron chi connectivity index (χ0n) is 9.50. The number of nitrogens with one attached hydrogen (secondary N) is 1. The largest absolute Gasteiger partial charge is 0.381 e. The van der Waals surface area contributed by atoms with E-state index >= 15 is 0 Å². The van der Waals surface area contributed by atoms with E-state index in [0.29, 0.717) is 6.54 Å². The molecule has 3 heteroatoms. The molecule has 0 unspecified atom stereocenters. The van der Waals surface area contributed by atoms with E-state index in [2.05, 4.69) is 5.32 Å². The Labute approximate surface area is 105 Å². The number of halogens is 2. The Morgan fingerprint density at radius 2 is 1.82 bits per heavy atom. The Balaban J connectivity index is 2.02. The molecule has 0 aromatic heterocycles. The lowest BCUT2D eigenvalue weighted by Crippen LogP contribution is -1.99. The molecule has 0 radical (unpaired) electrons. The second kappa shape index (κ2) is 5.19. The fraction of sp³-hybridized carbons (Fsp3) is 0.143. The lowest BCUT2D eigenvalue weighted by molar-refractivity contribution is 0.627. The quantitative estimate of drug-likeness (QED) is 0.850. The van der Waals surface area contributed by atoms with Crippen LogP contribution in [0.25, 0.3) is 0 Å². The van der Waals surface area contributed by atoms with Crippen molar-refractivity contribution in [1.82, 2.24) is 0 Å². The molecule has 0 aliphatic carbocycles. The first-order chi connectivity index (χ1) is 8.15. The standard InChI is InChI=1S/C14H13ClFN/c1-10-8-13(6-7-14(10)15)17-9-11-2-4-12(16)5-3-11/h2-8,17H,9H2,1H3. The van der Waals surface area contributed by atoms with Gasteiger partial charge in [-0.15, -0.1) is 0 Å². The van der Waals surface area contributed by atoms with Gasteiger partial charge in [0.05, 0.1) is 0 Å². The van der Waals surface area contributed by atoms with Gasteiger partial charge in [-0.3, -0.25) is 0 Å². The molecule has 17 heavy (non-hydrogen) atoms. The summed E-state index contributed by atoms with van der Waals surface area (Å²) in [6.07, 6.45) is 0. The average Bonchev–Trinajstić information content (AvgIpc) is 2.33. The molecule has 0 amide bonds. The van der Waals surface area contributed by atoms with E-state index in [-0.39, 0.29) is 5.82 Å². The van der Waals surface area contributed by atoms with Crippen molar-refractivity contribution in [3.05, 3.63) is 64.4 Å². The minimum absolute atomic E-state index is 0.212. The lowest BCUT2D eigenvalue weighted by Gasteiger charge is -2.08. The zero-order chi connectivity index (χ0) is 12.3. The van der Waals surface area contributed by atoms with Gasteiger partial charge in [-0.05, 0) is 48.4 Å². The van der Waals surface area contributed by atoms with Gasteiger partial charge >= 0.3 is 0 Å². The third-order valence-corrected chi connectivity index (χ3v) is 2.99. The molecule has 2 aromatic carbocycles. The first-order valence-electron chi connectivity index (χ1n) is 5.39. The Morgan fingerprint density at radius 1 is 1.12 bits per heavy atom. The van der Waals surface area contributed by atoms with Gasteiger partial charge in [-0.2, -0.15) is 0 Å². The Bertz CT molecular complexity index is 508. The third kappa shape index (κ3) is 3.21. The van der Waals surface area contributed by atoms with E-state index in [1.807, 2.05) is 25.1 Å². The van der Waals surface area contributed by atoms with Crippen LogP contribution in [0.1, 0.15) is 11.1 Å². The summed E-state index contributed by atoms with van der Waals surface area (Å²) >= 11 is 5.95. The van der Waals surface area contributed by atoms with Crippen LogP contribution in [0.4, 0.5) is 10.1 Å². The Kier molecular flexibility index (Phi) is 3.64. The van der Waals surface area contributed by atoms with Crippen LogP contribution in [-0.2, 0) is 6.54 Å². The molecule has 0 aliphatic rings. The lowest BCUT2D eigenvalue weighted by atomic mass is 10.2. The topological polar surface area (TPSA) is 12.0 Å². The van der Waals surface area contributed by atoms with Crippen LogP contribution in [0, 0.1) is 12.7 Å². The molecule has 1 N–H and O–H groups in total. The van der Waals surface area contributed by atoms with E-state index in [0.717, 1.165) is 21.8 Å². The first-order valence-corrected chi connectivity index (χ1v) is 5.77. The van der Waals surface area contributed by atoms with Gasteiger partial charge in [0.2, 0.25) is 0 Å². The van der Waals surface area contributed by atoms with Crippen LogP contribution in [0.3, 0.4) is 0 Å². The van der Waals surface area contributed by atoms with Crippen molar-refractivity contribution < 1.29 is 4.39 Å². The first kappa shape index (κ1) is 11.9. The molecule has 2 rings (SSSR count). The SMILES string of the molecule is Cc1cc(NCc2ccc(F)cc2)ccc1Cl. The highest BCUT2D eigenvalue weighted by molar-refractivity contribution is 6.31. The minimum Gasteiger partial charge on any atom is -0.381 e. The summed E-state index contributed by atoms with van der Waals surface area (Å²) < 4.78 is 12.7. The number of rotatable bonds is 3. The number of hydrogen-bond acceptors (Lipinski definition) is 1. The van der Waals surface area contributed by atoms with Gasteiger partial charge in [0.1, 0.15) is 5.82 Å². The molecule has 0 heterocycles. The fourth-order valence-electron chi connectivity index (χ4n) is 1.56. The Morgan fingerprint density at radius 3 is 2.47 bits per heavy atom. The molecule has 0 atom stereocenters. The highest BCUT2D eigenvalue weighted by atomic mass is 35.5. The summed E-state index contributed by atoms with van der Waals surface area (Å²) in [6.45, 7) is 2.63. The maximum absolute atomic E-state index is 12.7. The van der Waals surface area contributed by atoms with Gasteiger partial charge in [-0.25, -0.2) is 4.39 Å². The van der Waals surface area contributed by atoms with Crippen LogP contribution in [0.5, 0.6) is 0 Å². The summed E-state index contributed by atoms with van der Waals surface area (Å²) in [6, 6.07) is 12.2. The normalized spacial score (nSPS) is 10.3. The van der Waals surface area contributed by atoms with Gasteiger partial charge in [0.15, 0.2) is 0 Å². The van der Waals surface area contributed by atoms with E-state index < -0.39 is 0 Å². The molecule has 88 valence electrons. The number of anilines is 1. The van der Waals surface area contributed by atoms with Crippen LogP contribution in [0.2, 0.25) is 5.02 Å². The maximum atomic E-state index is 12.7. The second-order valence-electron chi connectivity index (χ2n) is 3.94. The van der Waals surface area contributed by atoms with Crippen molar-refractivity contribution in [1.29, 1.82) is 0 Å². The van der Waals surface area contributed by atoms with E-state index in [1.165, 1.54) is 12.1 Å². The van der Waals surface area contributed by atoms with Crippen molar-refractivity contribution in [2.75, 3.05) is 5.32 Å². The van der Waals surface area contributed by atoms with Crippen LogP contribution < -0.4 is 5.32 Å². The van der Waals surface area contributed by atoms with Crippen LogP contribution in [-0.4, -0.2) is 0 Å². The molecule has 0 bridgehead atoms. The predicted octanol–water partition coefficient (Wildman–Crippen LogP) is 4.40. The van der Waals surface area contributed by atoms with Crippen molar-refractivity contribution >= 4 is 17.3 Å². The number of hydrogen-bond donors (Lipinski definition) is 1. The monoisotopic (exact) mass is 249 g/mol. The van der Waals surface area contributed by atoms with Gasteiger partial charge in [0, 0.05) is 17.3 Å². The zero-order valence-corrected chi connectivity index (χ0v) is 10.3. The second-order valence-corrected chi connectivity index (χ2v) is 4.35. The van der Waals surface area contributed by atoms with Crippen molar-refractivity contribution in [3.8, 4) is 0 Å². The molecule has 0 aliphatic heterocycles. The van der Waals surface area contributed by atoms with Crippen LogP contribution in [0.15, 0.2) is 42.5 Å². The van der Waals surface area contributed by atoms with Crippen molar-refractivity contribution in [2.24, 2.45) is 0 Å². The molecule has 1 nitrogen and oxygen atoms in total. The molecular weight excluding hydrogens is 237 g/mol. The van der Waals surface area contributed by atoms with Gasteiger partial charge in [-0.1, -0.05) is 23.7 Å². The summed E-state index contributed by atoms with van der Waals surface area (Å²) in [5, 5.41) is 4.03. The van der Waals surface area contributed by atoms with E-state index in [1.54, 1.807) is 12.1 Å². The molecule has 0 spiro atoms. The predicted molar refractivity (Wildman–Crippen MR) is 69.9 cm³/mol. The van der Waals surface area contributed by atoms with Crippen LogP contribution >= 0.6 is 11.6 Å². The third-order valence-electron chi connectivity index (χ3n) is 2.57. The smallest absolute Gasteiger partial charge is 0.123 e. The molecule has 2 aromatic rings. The minimum atomic E-state index is -0.212. The summed E-state index contributed by atoms with van der Waals surface area (Å²) in [7, 11) is 0. The maximum Gasteiger partial charge on any atom is 0.123 e. The van der Waals surface area contributed by atoms with E-state index in [4.69, 9.17) is 11.6 Å². The Hall–Kier alpha value is -1.54. The van der Waals surface area contributed by atoms with Crippen molar-refractivity contribution in [2.45, 2.75) is 13.5 Å². The molecular formula is C14H13ClFN. The number of benzene rings is 2. The summed E-state index contributed by atoms with van der Waals surface area (Å²) in [5.41, 5.74) is 3.09. The molecule has 0 saturated heterocycles. The highest BCUT2D eigenvalue weighted by Crippen LogP contribution is 2.19. The van der Waals surface area contributed by atoms with Gasteiger partial charge < -0.3 is 5.32 Å². The molecule has 0 saturated carbocycles. The summed E-state index contributed by atoms with van der Waals surface area (Å²) in [4.78, 5) is 0. The molecule has 0 fully saturated rings. The highest BCUT2D eigenvalue weighted by Gasteiger charge is 1.98. The van der Waals surface area contributed by atoms with Crippen molar-refractivity contribution in [3.63, 3.8) is 0 Å². The fourth-order valence-corrected chi connectivity index (χ4v) is 1.68. The average molecular weight is 250 g/mol. The van der Waals surface area contributed by atoms with E-state index in [9.17, 15) is 4.39 Å². The van der Waals surface area contributed by atoms with Gasteiger partial charge in [0.25, 0.3) is 0 Å². The number of aryl methyl sites for hydroxylation is 1. The summed E-state index contributed by atoms with van der Waals surface area (Å²) in [5.74, 6) is -0.212.